The molecule has 0 aliphatic heterocycles. The van der Waals surface area contributed by atoms with Gasteiger partial charge in [-0.2, -0.15) is 15.6 Å². The molecule has 5 heteroatoms. The van der Waals surface area contributed by atoms with Crippen molar-refractivity contribution in [1.82, 2.24) is 10.2 Å². The van der Waals surface area contributed by atoms with Crippen LogP contribution in [0, 0.1) is 22.0 Å². The molecule has 1 aromatic rings. The molecule has 68 valence electrons. The van der Waals surface area contributed by atoms with Gasteiger partial charge in [-0.15, -0.1) is 5.10 Å². The summed E-state index contributed by atoms with van der Waals surface area (Å²) < 4.78 is 0. The Hall–Kier alpha value is -1.59. The Morgan fingerprint density at radius 1 is 1.29 bits per heavy atom. The summed E-state index contributed by atoms with van der Waals surface area (Å²) in [5.74, 6) is 0. The van der Waals surface area contributed by atoms with E-state index >= 15 is 0 Å². The van der Waals surface area contributed by atoms with Gasteiger partial charge in [0.05, 0.1) is 11.8 Å². The minimum absolute atomic E-state index is 0.386. The van der Waals surface area contributed by atoms with E-state index in [1.54, 1.807) is 12.1 Å². The predicted molar refractivity (Wildman–Crippen MR) is 50.0 cm³/mol. The zero-order valence-corrected chi connectivity index (χ0v) is 8.08. The number of nitriles is 2. The minimum Gasteiger partial charge on any atom is -0.197 e. The van der Waals surface area contributed by atoms with Crippen LogP contribution in [0.25, 0.3) is 0 Å². The molecule has 0 atom stereocenters. The van der Waals surface area contributed by atoms with E-state index in [9.17, 15) is 0 Å². The highest BCUT2D eigenvalue weighted by Gasteiger charge is 2.46. The maximum Gasteiger partial charge on any atom is 0.140 e. The van der Waals surface area contributed by atoms with E-state index in [1.807, 2.05) is 5.40 Å². The molecular formula is C9H6N4S. The van der Waals surface area contributed by atoms with Crippen molar-refractivity contribution in [2.75, 3.05) is 0 Å². The van der Waals surface area contributed by atoms with E-state index in [2.05, 4.69) is 16.3 Å². The zero-order chi connectivity index (χ0) is 10.0. The number of hydrogen-bond acceptors (Lipinski definition) is 5. The van der Waals surface area contributed by atoms with Gasteiger partial charge in [0.2, 0.25) is 0 Å². The van der Waals surface area contributed by atoms with Gasteiger partial charge < -0.3 is 0 Å². The maximum atomic E-state index is 8.91. The third kappa shape index (κ3) is 1.43. The summed E-state index contributed by atoms with van der Waals surface area (Å²) in [6.45, 7) is 0. The van der Waals surface area contributed by atoms with Crippen LogP contribution in [0.3, 0.4) is 0 Å². The Kier molecular flexibility index (Phi) is 2.11. The molecule has 0 unspecified atom stereocenters. The summed E-state index contributed by atoms with van der Waals surface area (Å²) in [5.41, 5.74) is 0.338. The van der Waals surface area contributed by atoms with Crippen molar-refractivity contribution >= 4 is 11.8 Å². The third-order valence-corrected chi connectivity index (χ3v) is 2.76. The molecule has 0 bridgehead atoms. The Bertz CT molecular complexity index is 422. The number of aromatic nitrogens is 2. The molecule has 1 saturated carbocycles. The number of thiocyanates is 1. The fourth-order valence-electron chi connectivity index (χ4n) is 1.23. The number of nitrogens with zero attached hydrogens (tertiary/aromatic N) is 4. The Morgan fingerprint density at radius 3 is 2.50 bits per heavy atom. The fourth-order valence-corrected chi connectivity index (χ4v) is 1.54. The van der Waals surface area contributed by atoms with Crippen LogP contribution in [0.4, 0.5) is 0 Å². The molecule has 1 heterocycles. The van der Waals surface area contributed by atoms with Crippen LogP contribution in [0.1, 0.15) is 18.5 Å². The first-order chi connectivity index (χ1) is 6.80. The normalized spacial score (nSPS) is 16.7. The van der Waals surface area contributed by atoms with Gasteiger partial charge in [-0.3, -0.25) is 0 Å². The topological polar surface area (TPSA) is 73.4 Å². The van der Waals surface area contributed by atoms with E-state index in [-0.39, 0.29) is 5.41 Å². The van der Waals surface area contributed by atoms with E-state index in [0.29, 0.717) is 5.03 Å². The highest BCUT2D eigenvalue weighted by atomic mass is 32.2. The lowest BCUT2D eigenvalue weighted by Crippen LogP contribution is -2.06. The van der Waals surface area contributed by atoms with Crippen LogP contribution >= 0.6 is 11.8 Å². The molecule has 0 spiro atoms. The smallest absolute Gasteiger partial charge is 0.140 e. The Balaban J connectivity index is 2.24. The van der Waals surface area contributed by atoms with Gasteiger partial charge >= 0.3 is 0 Å². The lowest BCUT2D eigenvalue weighted by atomic mass is 10.1. The van der Waals surface area contributed by atoms with Crippen LogP contribution in [0.2, 0.25) is 0 Å². The molecule has 0 saturated heterocycles. The lowest BCUT2D eigenvalue weighted by molar-refractivity contribution is 0.779. The second-order valence-corrected chi connectivity index (χ2v) is 3.95. The van der Waals surface area contributed by atoms with E-state index in [1.165, 1.54) is 0 Å². The van der Waals surface area contributed by atoms with Crippen molar-refractivity contribution in [3.8, 4) is 11.5 Å². The van der Waals surface area contributed by atoms with Crippen LogP contribution < -0.4 is 0 Å². The molecule has 4 nitrogen and oxygen atoms in total. The van der Waals surface area contributed by atoms with E-state index < -0.39 is 0 Å². The van der Waals surface area contributed by atoms with Crippen LogP contribution in [-0.4, -0.2) is 10.2 Å². The van der Waals surface area contributed by atoms with Crippen LogP contribution in [0.15, 0.2) is 17.2 Å². The molecule has 0 amide bonds. The van der Waals surface area contributed by atoms with Gasteiger partial charge in [-0.05, 0) is 25.0 Å². The Labute approximate surface area is 85.6 Å². The highest BCUT2D eigenvalue weighted by Crippen LogP contribution is 2.46. The standard InChI is InChI=1S/C9H6N4S/c10-5-9(3-4-9)7-1-2-8(13-12-7)14-6-11/h1-2H,3-4H2. The molecule has 0 aromatic carbocycles. The van der Waals surface area contributed by atoms with Crippen molar-refractivity contribution in [2.45, 2.75) is 23.3 Å². The molecular weight excluding hydrogens is 196 g/mol. The van der Waals surface area contributed by atoms with Gasteiger partial charge in [0.1, 0.15) is 15.8 Å². The summed E-state index contributed by atoms with van der Waals surface area (Å²) in [6, 6.07) is 5.76. The molecule has 14 heavy (non-hydrogen) atoms. The average molecular weight is 202 g/mol. The molecule has 1 aromatic heterocycles. The van der Waals surface area contributed by atoms with Crippen molar-refractivity contribution in [3.63, 3.8) is 0 Å². The SMILES string of the molecule is N#CSc1ccc(C2(C#N)CC2)nn1. The number of rotatable bonds is 2. The molecule has 1 aliphatic rings. The predicted octanol–water partition coefficient (Wildman–Crippen LogP) is 1.60. The first-order valence-electron chi connectivity index (χ1n) is 4.12. The van der Waals surface area contributed by atoms with Crippen molar-refractivity contribution in [1.29, 1.82) is 10.5 Å². The van der Waals surface area contributed by atoms with E-state index in [4.69, 9.17) is 10.5 Å². The fraction of sp³-hybridized carbons (Fsp3) is 0.333. The van der Waals surface area contributed by atoms with Gasteiger partial charge in [-0.1, -0.05) is 0 Å². The zero-order valence-electron chi connectivity index (χ0n) is 7.27. The van der Waals surface area contributed by atoms with Gasteiger partial charge in [-0.25, -0.2) is 0 Å². The molecule has 0 radical (unpaired) electrons. The third-order valence-electron chi connectivity index (χ3n) is 2.24. The quantitative estimate of drug-likeness (QED) is 0.538. The number of thioether (sulfide) groups is 1. The summed E-state index contributed by atoms with van der Waals surface area (Å²) >= 11 is 0.972. The molecule has 1 fully saturated rings. The van der Waals surface area contributed by atoms with Gasteiger partial charge in [0.15, 0.2) is 0 Å². The van der Waals surface area contributed by atoms with Crippen molar-refractivity contribution in [3.05, 3.63) is 17.8 Å². The van der Waals surface area contributed by atoms with Crippen molar-refractivity contribution < 1.29 is 0 Å². The van der Waals surface area contributed by atoms with Crippen molar-refractivity contribution in [2.24, 2.45) is 0 Å². The second-order valence-electron chi connectivity index (χ2n) is 3.14. The second kappa shape index (κ2) is 3.28. The molecule has 2 rings (SSSR count). The summed E-state index contributed by atoms with van der Waals surface area (Å²) in [6.07, 6.45) is 1.73. The first kappa shape index (κ1) is 8.98. The average Bonchev–Trinajstić information content (AvgIpc) is 3.00. The number of hydrogen-bond donors (Lipinski definition) is 0. The summed E-state index contributed by atoms with van der Waals surface area (Å²) in [7, 11) is 0. The van der Waals surface area contributed by atoms with Crippen LogP contribution in [-0.2, 0) is 5.41 Å². The monoisotopic (exact) mass is 202 g/mol. The van der Waals surface area contributed by atoms with Gasteiger partial charge in [0, 0.05) is 11.8 Å². The van der Waals surface area contributed by atoms with Gasteiger partial charge in [0.25, 0.3) is 0 Å². The van der Waals surface area contributed by atoms with E-state index in [0.717, 1.165) is 30.3 Å². The summed E-state index contributed by atoms with van der Waals surface area (Å²) in [4.78, 5) is 0. The molecule has 1 aliphatic carbocycles. The lowest BCUT2D eigenvalue weighted by Gasteiger charge is -2.02. The minimum atomic E-state index is -0.386. The van der Waals surface area contributed by atoms with Crippen LogP contribution in [0.5, 0.6) is 0 Å². The first-order valence-corrected chi connectivity index (χ1v) is 4.94. The molecule has 0 N–H and O–H groups in total. The largest absolute Gasteiger partial charge is 0.197 e. The highest BCUT2D eigenvalue weighted by molar-refractivity contribution is 8.03. The maximum absolute atomic E-state index is 8.91. The Morgan fingerprint density at radius 2 is 2.07 bits per heavy atom. The summed E-state index contributed by atoms with van der Waals surface area (Å²) in [5, 5.41) is 27.6.